The minimum absolute atomic E-state index is 0.258. The van der Waals surface area contributed by atoms with Crippen molar-refractivity contribution in [1.82, 2.24) is 14.1 Å². The van der Waals surface area contributed by atoms with Crippen LogP contribution in [0.3, 0.4) is 0 Å². The molecule has 3 aromatic carbocycles. The van der Waals surface area contributed by atoms with Crippen LogP contribution >= 0.6 is 0 Å². The van der Waals surface area contributed by atoms with Crippen LogP contribution in [0.5, 0.6) is 0 Å². The predicted octanol–water partition coefficient (Wildman–Crippen LogP) is 6.10. The van der Waals surface area contributed by atoms with E-state index in [4.69, 9.17) is 5.10 Å². The minimum Gasteiger partial charge on any atom is -0.268 e. The van der Waals surface area contributed by atoms with Crippen LogP contribution in [0.4, 0.5) is 0 Å². The SMILES string of the molecule is O=S(=O)(c1cn(C2CCCC2)nc1-c1ccccc1)N(CCc1ccccc1)Cc1ccccc1. The number of nitrogens with zero attached hydrogens (tertiary/aromatic N) is 3. The van der Waals surface area contributed by atoms with Gasteiger partial charge in [-0.3, -0.25) is 4.68 Å². The van der Waals surface area contributed by atoms with E-state index in [1.54, 1.807) is 10.5 Å². The summed E-state index contributed by atoms with van der Waals surface area (Å²) in [4.78, 5) is 0.291. The lowest BCUT2D eigenvalue weighted by molar-refractivity contribution is 0.409. The van der Waals surface area contributed by atoms with Crippen LogP contribution in [0.15, 0.2) is 102 Å². The third-order valence-corrected chi connectivity index (χ3v) is 8.60. The van der Waals surface area contributed by atoms with Crippen LogP contribution in [-0.4, -0.2) is 29.0 Å². The highest BCUT2D eigenvalue weighted by Gasteiger charge is 2.32. The average Bonchev–Trinajstić information content (AvgIpc) is 3.59. The van der Waals surface area contributed by atoms with E-state index in [1.165, 1.54) is 0 Å². The van der Waals surface area contributed by atoms with Crippen molar-refractivity contribution < 1.29 is 8.42 Å². The van der Waals surface area contributed by atoms with Gasteiger partial charge in [-0.2, -0.15) is 9.40 Å². The summed E-state index contributed by atoms with van der Waals surface area (Å²) in [6, 6.07) is 29.8. The molecule has 35 heavy (non-hydrogen) atoms. The van der Waals surface area contributed by atoms with Crippen LogP contribution in [0.2, 0.25) is 0 Å². The zero-order chi connectivity index (χ0) is 24.1. The number of hydrogen-bond donors (Lipinski definition) is 0. The van der Waals surface area contributed by atoms with Crippen LogP contribution in [0, 0.1) is 0 Å². The second-order valence-electron chi connectivity index (χ2n) is 9.19. The molecule has 0 saturated heterocycles. The van der Waals surface area contributed by atoms with Gasteiger partial charge < -0.3 is 0 Å². The lowest BCUT2D eigenvalue weighted by atomic mass is 10.1. The molecule has 0 unspecified atom stereocenters. The first kappa shape index (κ1) is 23.5. The molecule has 5 nitrogen and oxygen atoms in total. The van der Waals surface area contributed by atoms with Gasteiger partial charge in [-0.1, -0.05) is 104 Å². The third kappa shape index (κ3) is 5.39. The summed E-state index contributed by atoms with van der Waals surface area (Å²) < 4.78 is 32.0. The smallest absolute Gasteiger partial charge is 0.247 e. The van der Waals surface area contributed by atoms with E-state index in [-0.39, 0.29) is 6.04 Å². The summed E-state index contributed by atoms with van der Waals surface area (Å²) in [7, 11) is -3.81. The molecule has 180 valence electrons. The largest absolute Gasteiger partial charge is 0.268 e. The molecule has 5 rings (SSSR count). The van der Waals surface area contributed by atoms with Gasteiger partial charge in [-0.05, 0) is 30.4 Å². The first-order valence-electron chi connectivity index (χ1n) is 12.3. The molecule has 1 saturated carbocycles. The van der Waals surface area contributed by atoms with Crippen LogP contribution in [0.1, 0.15) is 42.9 Å². The average molecular weight is 486 g/mol. The molecule has 0 spiro atoms. The van der Waals surface area contributed by atoms with E-state index in [0.29, 0.717) is 30.1 Å². The number of aromatic nitrogens is 2. The normalized spacial score (nSPS) is 14.5. The first-order chi connectivity index (χ1) is 17.1. The van der Waals surface area contributed by atoms with Crippen molar-refractivity contribution in [2.75, 3.05) is 6.54 Å². The standard InChI is InChI=1S/C29H31N3O2S/c33-35(34,31(22-25-14-6-2-7-15-25)21-20-24-12-4-1-5-13-24)28-23-32(27-18-10-11-19-27)30-29(28)26-16-8-3-9-17-26/h1-9,12-17,23,27H,10-11,18-22H2. The van der Waals surface area contributed by atoms with Crippen molar-refractivity contribution in [2.45, 2.75) is 49.6 Å². The van der Waals surface area contributed by atoms with Crippen molar-refractivity contribution in [3.63, 3.8) is 0 Å². The summed E-state index contributed by atoms with van der Waals surface area (Å²) in [5.74, 6) is 0. The fourth-order valence-electron chi connectivity index (χ4n) is 4.82. The highest BCUT2D eigenvalue weighted by atomic mass is 32.2. The van der Waals surface area contributed by atoms with Crippen molar-refractivity contribution in [1.29, 1.82) is 0 Å². The van der Waals surface area contributed by atoms with Gasteiger partial charge in [0.25, 0.3) is 0 Å². The second kappa shape index (κ2) is 10.6. The van der Waals surface area contributed by atoms with Gasteiger partial charge >= 0.3 is 0 Å². The Morgan fingerprint density at radius 1 is 0.800 bits per heavy atom. The quantitative estimate of drug-likeness (QED) is 0.288. The molecule has 1 aliphatic carbocycles. The summed E-state index contributed by atoms with van der Waals surface area (Å²) >= 11 is 0. The van der Waals surface area contributed by atoms with Crippen molar-refractivity contribution in [3.05, 3.63) is 108 Å². The fourth-order valence-corrected chi connectivity index (χ4v) is 6.40. The second-order valence-corrected chi connectivity index (χ2v) is 11.1. The Bertz CT molecular complexity index is 1330. The maximum absolute atomic E-state index is 14.3. The first-order valence-corrected chi connectivity index (χ1v) is 13.8. The highest BCUT2D eigenvalue weighted by molar-refractivity contribution is 7.89. The summed E-state index contributed by atoms with van der Waals surface area (Å²) in [5.41, 5.74) is 3.44. The monoisotopic (exact) mass is 485 g/mol. The molecule has 1 aliphatic rings. The molecule has 1 fully saturated rings. The lowest BCUT2D eigenvalue weighted by Crippen LogP contribution is -2.32. The van der Waals surface area contributed by atoms with Crippen molar-refractivity contribution in [3.8, 4) is 11.3 Å². The summed E-state index contributed by atoms with van der Waals surface area (Å²) in [6.45, 7) is 0.711. The maximum atomic E-state index is 14.3. The number of sulfonamides is 1. The van der Waals surface area contributed by atoms with Crippen LogP contribution < -0.4 is 0 Å². The molecule has 0 N–H and O–H groups in total. The highest BCUT2D eigenvalue weighted by Crippen LogP contribution is 2.34. The van der Waals surface area contributed by atoms with Gasteiger partial charge in [0.15, 0.2) is 0 Å². The Hall–Kier alpha value is -3.22. The van der Waals surface area contributed by atoms with Gasteiger partial charge in [0, 0.05) is 24.8 Å². The Labute approximate surface area is 208 Å². The number of hydrogen-bond acceptors (Lipinski definition) is 3. The fraction of sp³-hybridized carbons (Fsp3) is 0.276. The van der Waals surface area contributed by atoms with E-state index < -0.39 is 10.0 Å². The molecule has 1 aromatic heterocycles. The van der Waals surface area contributed by atoms with Gasteiger partial charge in [-0.25, -0.2) is 8.42 Å². The molecule has 0 atom stereocenters. The predicted molar refractivity (Wildman–Crippen MR) is 139 cm³/mol. The number of rotatable bonds is 9. The zero-order valence-electron chi connectivity index (χ0n) is 19.8. The zero-order valence-corrected chi connectivity index (χ0v) is 20.6. The topological polar surface area (TPSA) is 55.2 Å². The third-order valence-electron chi connectivity index (χ3n) is 6.76. The minimum atomic E-state index is -3.81. The van der Waals surface area contributed by atoms with Gasteiger partial charge in [0.1, 0.15) is 10.6 Å². The van der Waals surface area contributed by atoms with E-state index >= 15 is 0 Å². The number of benzene rings is 3. The maximum Gasteiger partial charge on any atom is 0.247 e. The lowest BCUT2D eigenvalue weighted by Gasteiger charge is -2.22. The Kier molecular flexibility index (Phi) is 7.11. The van der Waals surface area contributed by atoms with E-state index in [0.717, 1.165) is 42.4 Å². The molecule has 0 amide bonds. The van der Waals surface area contributed by atoms with E-state index in [9.17, 15) is 8.42 Å². The van der Waals surface area contributed by atoms with Crippen LogP contribution in [-0.2, 0) is 23.0 Å². The Balaban J connectivity index is 1.54. The molecule has 1 heterocycles. The Morgan fingerprint density at radius 3 is 2.00 bits per heavy atom. The van der Waals surface area contributed by atoms with Gasteiger partial charge in [0.2, 0.25) is 10.0 Å². The van der Waals surface area contributed by atoms with E-state index in [1.807, 2.05) is 95.7 Å². The molecular weight excluding hydrogens is 454 g/mol. The molecule has 4 aromatic rings. The molecule has 0 aliphatic heterocycles. The van der Waals surface area contributed by atoms with Crippen molar-refractivity contribution in [2.24, 2.45) is 0 Å². The molecule has 0 radical (unpaired) electrons. The molecule has 6 heteroatoms. The van der Waals surface area contributed by atoms with E-state index in [2.05, 4.69) is 0 Å². The van der Waals surface area contributed by atoms with Crippen LogP contribution in [0.25, 0.3) is 11.3 Å². The van der Waals surface area contributed by atoms with Crippen molar-refractivity contribution >= 4 is 10.0 Å². The van der Waals surface area contributed by atoms with Gasteiger partial charge in [0.05, 0.1) is 6.04 Å². The summed E-state index contributed by atoms with van der Waals surface area (Å²) in [5, 5.41) is 4.85. The van der Waals surface area contributed by atoms with Gasteiger partial charge in [-0.15, -0.1) is 0 Å². The molecular formula is C29H31N3O2S. The Morgan fingerprint density at radius 2 is 1.37 bits per heavy atom. The molecule has 0 bridgehead atoms. The summed E-state index contributed by atoms with van der Waals surface area (Å²) in [6.07, 6.45) is 6.81.